The summed E-state index contributed by atoms with van der Waals surface area (Å²) in [7, 11) is 1.39. The smallest absolute Gasteiger partial charge is 0.340 e. The Morgan fingerprint density at radius 1 is 1.35 bits per heavy atom. The van der Waals surface area contributed by atoms with Gasteiger partial charge in [-0.05, 0) is 49.3 Å². The number of nitrogens with one attached hydrogen (secondary N) is 1. The summed E-state index contributed by atoms with van der Waals surface area (Å²) in [6, 6.07) is 5.72. The number of esters is 1. The molecule has 2 rings (SSSR count). The lowest BCUT2D eigenvalue weighted by Gasteiger charge is -2.35. The summed E-state index contributed by atoms with van der Waals surface area (Å²) < 4.78 is 4.82. The van der Waals surface area contributed by atoms with Crippen LogP contribution in [0.15, 0.2) is 18.2 Å². The maximum absolute atomic E-state index is 11.8. The van der Waals surface area contributed by atoms with Crippen LogP contribution in [0.1, 0.15) is 49.9 Å². The highest BCUT2D eigenvalue weighted by molar-refractivity contribution is 6.31. The van der Waals surface area contributed by atoms with Crippen molar-refractivity contribution in [2.24, 2.45) is 5.41 Å². The normalized spacial score (nSPS) is 18.6. The zero-order valence-corrected chi connectivity index (χ0v) is 13.1. The molecule has 0 spiro atoms. The van der Waals surface area contributed by atoms with Gasteiger partial charge in [0.05, 0.1) is 12.7 Å². The predicted molar refractivity (Wildman–Crippen MR) is 82.5 cm³/mol. The van der Waals surface area contributed by atoms with E-state index in [1.807, 2.05) is 6.07 Å². The van der Waals surface area contributed by atoms with Crippen LogP contribution in [0.25, 0.3) is 0 Å². The van der Waals surface area contributed by atoms with Gasteiger partial charge in [0.1, 0.15) is 0 Å². The average Bonchev–Trinajstić information content (AvgIpc) is 2.42. The molecule has 110 valence electrons. The van der Waals surface area contributed by atoms with Gasteiger partial charge in [-0.1, -0.05) is 25.4 Å². The molecule has 0 aliphatic heterocycles. The Labute approximate surface area is 125 Å². The molecule has 1 aliphatic rings. The Bertz CT molecular complexity index is 489. The van der Waals surface area contributed by atoms with Crippen LogP contribution >= 0.6 is 11.6 Å². The van der Waals surface area contributed by atoms with Crippen molar-refractivity contribution in [3.63, 3.8) is 0 Å². The Balaban J connectivity index is 2.11. The van der Waals surface area contributed by atoms with E-state index in [0.717, 1.165) is 18.5 Å². The summed E-state index contributed by atoms with van der Waals surface area (Å²) in [5.41, 5.74) is 1.75. The monoisotopic (exact) mass is 295 g/mol. The number of anilines is 1. The first-order chi connectivity index (χ1) is 9.41. The maximum atomic E-state index is 11.8. The minimum Gasteiger partial charge on any atom is -0.465 e. The second-order valence-corrected chi connectivity index (χ2v) is 6.70. The Morgan fingerprint density at radius 2 is 2.00 bits per heavy atom. The molecule has 4 heteroatoms. The lowest BCUT2D eigenvalue weighted by Crippen LogP contribution is -2.30. The minimum absolute atomic E-state index is 0.355. The topological polar surface area (TPSA) is 38.3 Å². The standard InChI is InChI=1S/C16H22ClNO2/c1-16(2)8-6-12(7-9-16)18-14-5-4-11(17)10-13(14)15(19)20-3/h4-5,10,12,18H,6-9H2,1-3H3. The largest absolute Gasteiger partial charge is 0.465 e. The second-order valence-electron chi connectivity index (χ2n) is 6.26. The van der Waals surface area contributed by atoms with Gasteiger partial charge >= 0.3 is 5.97 Å². The van der Waals surface area contributed by atoms with E-state index in [1.54, 1.807) is 12.1 Å². The third kappa shape index (κ3) is 3.66. The molecule has 0 unspecified atom stereocenters. The first kappa shape index (κ1) is 15.2. The van der Waals surface area contributed by atoms with Gasteiger partial charge in [-0.2, -0.15) is 0 Å². The van der Waals surface area contributed by atoms with E-state index >= 15 is 0 Å². The lowest BCUT2D eigenvalue weighted by molar-refractivity contribution is 0.0601. The van der Waals surface area contributed by atoms with Crippen LogP contribution in [0, 0.1) is 5.41 Å². The van der Waals surface area contributed by atoms with Crippen molar-refractivity contribution in [2.75, 3.05) is 12.4 Å². The number of carbonyl (C=O) groups excluding carboxylic acids is 1. The van der Waals surface area contributed by atoms with Gasteiger partial charge in [-0.3, -0.25) is 0 Å². The molecule has 0 saturated heterocycles. The Morgan fingerprint density at radius 3 is 2.60 bits per heavy atom. The number of methoxy groups -OCH3 is 1. The van der Waals surface area contributed by atoms with Gasteiger partial charge in [0.15, 0.2) is 0 Å². The summed E-state index contributed by atoms with van der Waals surface area (Å²) in [6.45, 7) is 4.62. The zero-order chi connectivity index (χ0) is 14.8. The van der Waals surface area contributed by atoms with Crippen LogP contribution in [0.3, 0.4) is 0 Å². The molecular formula is C16H22ClNO2. The molecular weight excluding hydrogens is 274 g/mol. The molecule has 1 aromatic carbocycles. The number of rotatable bonds is 3. The molecule has 1 aliphatic carbocycles. The fourth-order valence-electron chi connectivity index (χ4n) is 2.68. The number of benzene rings is 1. The van der Waals surface area contributed by atoms with Crippen LogP contribution in [-0.2, 0) is 4.74 Å². The van der Waals surface area contributed by atoms with Gasteiger partial charge in [0, 0.05) is 16.8 Å². The van der Waals surface area contributed by atoms with Crippen molar-refractivity contribution in [3.8, 4) is 0 Å². The summed E-state index contributed by atoms with van der Waals surface area (Å²) >= 11 is 5.96. The minimum atomic E-state index is -0.355. The van der Waals surface area contributed by atoms with E-state index in [4.69, 9.17) is 16.3 Å². The van der Waals surface area contributed by atoms with Crippen molar-refractivity contribution in [1.82, 2.24) is 0 Å². The molecule has 0 amide bonds. The second kappa shape index (κ2) is 6.04. The van der Waals surface area contributed by atoms with E-state index in [9.17, 15) is 4.79 Å². The number of hydrogen-bond acceptors (Lipinski definition) is 3. The Kier molecular flexibility index (Phi) is 4.59. The molecule has 3 nitrogen and oxygen atoms in total. The van der Waals surface area contributed by atoms with Crippen molar-refractivity contribution in [1.29, 1.82) is 0 Å². The molecule has 0 heterocycles. The fourth-order valence-corrected chi connectivity index (χ4v) is 2.86. The molecule has 1 aromatic rings. The van der Waals surface area contributed by atoms with E-state index in [1.165, 1.54) is 20.0 Å². The maximum Gasteiger partial charge on any atom is 0.340 e. The molecule has 0 atom stereocenters. The summed E-state index contributed by atoms with van der Waals surface area (Å²) in [5.74, 6) is -0.355. The van der Waals surface area contributed by atoms with E-state index in [-0.39, 0.29) is 5.97 Å². The number of carbonyl (C=O) groups is 1. The Hall–Kier alpha value is -1.22. The van der Waals surface area contributed by atoms with E-state index in [0.29, 0.717) is 22.0 Å². The van der Waals surface area contributed by atoms with Crippen molar-refractivity contribution in [2.45, 2.75) is 45.6 Å². The van der Waals surface area contributed by atoms with E-state index in [2.05, 4.69) is 19.2 Å². The summed E-state index contributed by atoms with van der Waals surface area (Å²) in [6.07, 6.45) is 4.64. The lowest BCUT2D eigenvalue weighted by atomic mass is 9.75. The highest BCUT2D eigenvalue weighted by Crippen LogP contribution is 2.36. The van der Waals surface area contributed by atoms with Crippen LogP contribution in [0.4, 0.5) is 5.69 Å². The SMILES string of the molecule is COC(=O)c1cc(Cl)ccc1NC1CCC(C)(C)CC1. The first-order valence-corrected chi connectivity index (χ1v) is 7.43. The zero-order valence-electron chi connectivity index (χ0n) is 12.3. The third-order valence-corrected chi connectivity index (χ3v) is 4.32. The van der Waals surface area contributed by atoms with Crippen molar-refractivity contribution in [3.05, 3.63) is 28.8 Å². The highest BCUT2D eigenvalue weighted by Gasteiger charge is 2.27. The van der Waals surface area contributed by atoms with Crippen LogP contribution < -0.4 is 5.32 Å². The number of hydrogen-bond donors (Lipinski definition) is 1. The highest BCUT2D eigenvalue weighted by atomic mass is 35.5. The van der Waals surface area contributed by atoms with Gasteiger partial charge in [-0.15, -0.1) is 0 Å². The predicted octanol–water partition coefficient (Wildman–Crippen LogP) is 4.51. The summed E-state index contributed by atoms with van der Waals surface area (Å²) in [5, 5.41) is 4.01. The molecule has 20 heavy (non-hydrogen) atoms. The van der Waals surface area contributed by atoms with Gasteiger partial charge in [0.25, 0.3) is 0 Å². The van der Waals surface area contributed by atoms with Crippen molar-refractivity contribution < 1.29 is 9.53 Å². The van der Waals surface area contributed by atoms with E-state index < -0.39 is 0 Å². The number of halogens is 1. The van der Waals surface area contributed by atoms with Gasteiger partial charge in [0.2, 0.25) is 0 Å². The number of ether oxygens (including phenoxy) is 1. The molecule has 1 N–H and O–H groups in total. The van der Waals surface area contributed by atoms with Crippen LogP contribution in [0.5, 0.6) is 0 Å². The molecule has 0 radical (unpaired) electrons. The molecule has 1 saturated carbocycles. The third-order valence-electron chi connectivity index (χ3n) is 4.09. The quantitative estimate of drug-likeness (QED) is 0.834. The molecule has 0 bridgehead atoms. The fraction of sp³-hybridized carbons (Fsp3) is 0.562. The van der Waals surface area contributed by atoms with Gasteiger partial charge < -0.3 is 10.1 Å². The molecule has 1 fully saturated rings. The van der Waals surface area contributed by atoms with Crippen LogP contribution in [-0.4, -0.2) is 19.1 Å². The van der Waals surface area contributed by atoms with Crippen LogP contribution in [0.2, 0.25) is 5.02 Å². The summed E-state index contributed by atoms with van der Waals surface area (Å²) in [4.78, 5) is 11.8. The first-order valence-electron chi connectivity index (χ1n) is 7.06. The van der Waals surface area contributed by atoms with Gasteiger partial charge in [-0.25, -0.2) is 4.79 Å². The average molecular weight is 296 g/mol. The van der Waals surface area contributed by atoms with Crippen molar-refractivity contribution >= 4 is 23.3 Å². The molecule has 0 aromatic heterocycles.